The van der Waals surface area contributed by atoms with Gasteiger partial charge in [0.25, 0.3) is 0 Å². The van der Waals surface area contributed by atoms with Gasteiger partial charge in [-0.25, -0.2) is 0 Å². The van der Waals surface area contributed by atoms with E-state index in [4.69, 9.17) is 4.42 Å². The summed E-state index contributed by atoms with van der Waals surface area (Å²) < 4.78 is 18.0. The molecule has 0 bridgehead atoms. The summed E-state index contributed by atoms with van der Waals surface area (Å²) in [5.41, 5.74) is 15.3. The Morgan fingerprint density at radius 1 is 0.356 bits per heavy atom. The molecule has 0 unspecified atom stereocenters. The summed E-state index contributed by atoms with van der Waals surface area (Å²) in [6.07, 6.45) is 0.689. The molecule has 418 valence electrons. The highest BCUT2D eigenvalue weighted by Crippen LogP contribution is 2.47. The molecule has 0 fully saturated rings. The molecule has 0 aliphatic heterocycles. The predicted molar refractivity (Wildman–Crippen MR) is 366 cm³/mol. The number of para-hydroxylation sites is 5. The number of nitrogens with zero attached hydrogens (tertiary/aromatic N) is 8. The Morgan fingerprint density at radius 2 is 0.789 bits per heavy atom. The zero-order valence-corrected chi connectivity index (χ0v) is 49.4. The summed E-state index contributed by atoms with van der Waals surface area (Å²) in [7, 11) is 0. The van der Waals surface area contributed by atoms with Crippen LogP contribution in [0.2, 0.25) is 0 Å². The minimum atomic E-state index is -0.411. The lowest BCUT2D eigenvalue weighted by molar-refractivity contribution is 0.523. The molecule has 0 radical (unpaired) electrons. The molecule has 0 aliphatic carbocycles. The minimum absolute atomic E-state index is 0.376. The van der Waals surface area contributed by atoms with E-state index in [1.54, 1.807) is 23.5 Å². The van der Waals surface area contributed by atoms with Crippen LogP contribution < -0.4 is 0 Å². The standard InChI is InChI=1S/C80H46N8OS/c1-80(2,51-28-32-67-61(38-51)76-68(33-29-57-55-18-7-13-25-74(55)89-78(57)76)88(67)73-39-70(47(42-81)36-50(73)45-84)85-62-21-9-3-15-52(62)53-16-4-10-22-63(53)85)41-46-27-31-66-60(35-46)54-17-5-11-23-64(54)86(66)71-40-72(49(44-83)37-48(71)43-82)87-65-24-12-6-20-59(65)77-69(87)34-30-58-56-19-8-14-26-75(56)90-79(58)77/h3-40H,41H2,1-2H3. The number of hydrogen-bond donors (Lipinski definition) is 0. The monoisotopic (exact) mass is 1170 g/mol. The molecule has 9 nitrogen and oxygen atoms in total. The van der Waals surface area contributed by atoms with Gasteiger partial charge in [-0.1, -0.05) is 141 Å². The fourth-order valence-corrected chi connectivity index (χ4v) is 16.2. The first kappa shape index (κ1) is 51.1. The van der Waals surface area contributed by atoms with Crippen molar-refractivity contribution < 1.29 is 4.42 Å². The molecule has 0 saturated carbocycles. The first-order chi connectivity index (χ1) is 44.2. The summed E-state index contributed by atoms with van der Waals surface area (Å²) >= 11 is 1.79. The molecule has 18 rings (SSSR count). The maximum Gasteiger partial charge on any atom is 0.145 e. The second kappa shape index (κ2) is 18.9. The largest absolute Gasteiger partial charge is 0.455 e. The van der Waals surface area contributed by atoms with Gasteiger partial charge in [0, 0.05) is 68.6 Å². The summed E-state index contributed by atoms with van der Waals surface area (Å²) in [5, 5.41) is 56.8. The van der Waals surface area contributed by atoms with Crippen molar-refractivity contribution in [2.24, 2.45) is 0 Å². The molecule has 6 aromatic heterocycles. The SMILES string of the molecule is CC(C)(Cc1ccc2c(c1)c1ccccc1n2-c1cc(-n2c3ccccc3c3c4sc5ccccc5c4ccc32)c(C#N)cc1C#N)c1ccc2c(c1)c1c3oc4ccccc4c3ccc1n2-c1cc(-n2c3ccccc3c3ccccc32)c(C#N)cc1C#N. The second-order valence-electron chi connectivity index (χ2n) is 24.1. The summed E-state index contributed by atoms with van der Waals surface area (Å²) in [6, 6.07) is 89.6. The van der Waals surface area contributed by atoms with Crippen LogP contribution in [-0.4, -0.2) is 18.3 Å². The smallest absolute Gasteiger partial charge is 0.145 e. The van der Waals surface area contributed by atoms with Gasteiger partial charge in [-0.3, -0.25) is 0 Å². The summed E-state index contributed by atoms with van der Waals surface area (Å²) in [5.74, 6) is 0. The van der Waals surface area contributed by atoms with Crippen molar-refractivity contribution in [2.45, 2.75) is 25.7 Å². The van der Waals surface area contributed by atoms with E-state index >= 15 is 0 Å². The van der Waals surface area contributed by atoms with Gasteiger partial charge >= 0.3 is 0 Å². The molecule has 18 aromatic rings. The highest BCUT2D eigenvalue weighted by atomic mass is 32.1. The van der Waals surface area contributed by atoms with Crippen LogP contribution in [0.5, 0.6) is 0 Å². The Kier molecular flexibility index (Phi) is 10.7. The van der Waals surface area contributed by atoms with E-state index in [1.165, 1.54) is 20.2 Å². The van der Waals surface area contributed by atoms with E-state index < -0.39 is 5.41 Å². The van der Waals surface area contributed by atoms with E-state index in [2.05, 4.69) is 208 Å². The maximum absolute atomic E-state index is 11.1. The Hall–Kier alpha value is -12.2. The van der Waals surface area contributed by atoms with Crippen LogP contribution in [-0.2, 0) is 11.8 Å². The van der Waals surface area contributed by atoms with E-state index in [9.17, 15) is 21.0 Å². The van der Waals surface area contributed by atoms with Crippen LogP contribution in [0.3, 0.4) is 0 Å². The van der Waals surface area contributed by atoms with Gasteiger partial charge in [0.1, 0.15) is 35.4 Å². The molecule has 10 heteroatoms. The van der Waals surface area contributed by atoms with Gasteiger partial charge < -0.3 is 22.7 Å². The van der Waals surface area contributed by atoms with Crippen molar-refractivity contribution in [3.63, 3.8) is 0 Å². The van der Waals surface area contributed by atoms with Gasteiger partial charge in [-0.2, -0.15) is 21.0 Å². The van der Waals surface area contributed by atoms with Crippen molar-refractivity contribution in [1.29, 1.82) is 21.0 Å². The van der Waals surface area contributed by atoms with Crippen molar-refractivity contribution in [3.05, 3.63) is 264 Å². The molecule has 0 N–H and O–H groups in total. The number of benzene rings is 12. The summed E-state index contributed by atoms with van der Waals surface area (Å²) in [4.78, 5) is 0. The number of aromatic nitrogens is 4. The van der Waals surface area contributed by atoms with E-state index in [-0.39, 0.29) is 0 Å². The van der Waals surface area contributed by atoms with Gasteiger partial charge in [-0.05, 0) is 126 Å². The lowest BCUT2D eigenvalue weighted by Crippen LogP contribution is -2.20. The molecule has 6 heterocycles. The van der Waals surface area contributed by atoms with Gasteiger partial charge in [-0.15, -0.1) is 11.3 Å². The van der Waals surface area contributed by atoms with Crippen LogP contribution in [0.25, 0.3) is 152 Å². The van der Waals surface area contributed by atoms with Crippen LogP contribution in [0, 0.1) is 45.3 Å². The zero-order chi connectivity index (χ0) is 60.3. The number of nitriles is 4. The van der Waals surface area contributed by atoms with Crippen molar-refractivity contribution in [1.82, 2.24) is 18.3 Å². The second-order valence-corrected chi connectivity index (χ2v) is 25.2. The number of thiophene rings is 1. The Balaban J connectivity index is 0.790. The summed E-state index contributed by atoms with van der Waals surface area (Å²) in [6.45, 7) is 4.59. The average molecular weight is 1170 g/mol. The molecule has 0 saturated heterocycles. The van der Waals surface area contributed by atoms with Crippen molar-refractivity contribution >= 4 is 141 Å². The van der Waals surface area contributed by atoms with Crippen LogP contribution >= 0.6 is 11.3 Å². The highest BCUT2D eigenvalue weighted by Gasteiger charge is 2.29. The highest BCUT2D eigenvalue weighted by molar-refractivity contribution is 7.26. The third-order valence-electron chi connectivity index (χ3n) is 18.9. The van der Waals surface area contributed by atoms with Crippen LogP contribution in [0.15, 0.2) is 235 Å². The van der Waals surface area contributed by atoms with Gasteiger partial charge in [0.15, 0.2) is 0 Å². The Labute approximate surface area is 517 Å². The fourth-order valence-electron chi connectivity index (χ4n) is 14.9. The Morgan fingerprint density at radius 3 is 1.38 bits per heavy atom. The predicted octanol–water partition coefficient (Wildman–Crippen LogP) is 20.3. The molecule has 0 atom stereocenters. The number of rotatable bonds is 7. The normalized spacial score (nSPS) is 12.1. The third kappa shape index (κ3) is 7.08. The number of hydrogen-bond acceptors (Lipinski definition) is 6. The quantitative estimate of drug-likeness (QED) is 0.157. The first-order valence-electron chi connectivity index (χ1n) is 29.9. The number of furan rings is 1. The van der Waals surface area contributed by atoms with Gasteiger partial charge in [0.2, 0.25) is 0 Å². The topological polar surface area (TPSA) is 128 Å². The maximum atomic E-state index is 11.1. The molecule has 12 aromatic carbocycles. The average Bonchev–Trinajstić information content (AvgIpc) is 1.57. The van der Waals surface area contributed by atoms with Gasteiger partial charge in [0.05, 0.1) is 94.5 Å². The molecule has 0 spiro atoms. The molecular weight excluding hydrogens is 1120 g/mol. The van der Waals surface area contributed by atoms with E-state index in [0.29, 0.717) is 51.4 Å². The lowest BCUT2D eigenvalue weighted by Gasteiger charge is -2.26. The zero-order valence-electron chi connectivity index (χ0n) is 48.5. The molecule has 0 amide bonds. The first-order valence-corrected chi connectivity index (χ1v) is 30.7. The Bertz CT molecular complexity index is 6370. The lowest BCUT2D eigenvalue weighted by atomic mass is 9.78. The van der Waals surface area contributed by atoms with Crippen LogP contribution in [0.1, 0.15) is 47.2 Å². The van der Waals surface area contributed by atoms with E-state index in [0.717, 1.165) is 120 Å². The molecular formula is C80H46N8OS. The minimum Gasteiger partial charge on any atom is -0.455 e. The van der Waals surface area contributed by atoms with Crippen molar-refractivity contribution in [3.8, 4) is 47.0 Å². The van der Waals surface area contributed by atoms with E-state index in [1.807, 2.05) is 66.7 Å². The third-order valence-corrected chi connectivity index (χ3v) is 20.1. The molecule has 90 heavy (non-hydrogen) atoms. The number of fused-ring (bicyclic) bond motifs is 20. The fraction of sp³-hybridized carbons (Fsp3) is 0.0500. The van der Waals surface area contributed by atoms with Crippen LogP contribution in [0.4, 0.5) is 0 Å². The van der Waals surface area contributed by atoms with Crippen molar-refractivity contribution in [2.75, 3.05) is 0 Å². The molecule has 0 aliphatic rings.